The summed E-state index contributed by atoms with van der Waals surface area (Å²) in [6.07, 6.45) is 4.18. The summed E-state index contributed by atoms with van der Waals surface area (Å²) in [4.78, 5) is 21.6. The number of anilines is 2. The predicted octanol–water partition coefficient (Wildman–Crippen LogP) is 4.44. The maximum atomic E-state index is 15.0. The maximum Gasteiger partial charge on any atom is 0.413 e. The number of nitrogens with one attached hydrogen (secondary N) is 1. The van der Waals surface area contributed by atoms with Crippen molar-refractivity contribution in [3.8, 4) is 17.0 Å². The molecule has 1 aliphatic carbocycles. The molecule has 30 heavy (non-hydrogen) atoms. The molecule has 1 aliphatic heterocycles. The van der Waals surface area contributed by atoms with E-state index in [1.807, 2.05) is 6.92 Å². The fraction of sp³-hybridized carbons (Fsp3) is 0.318. The van der Waals surface area contributed by atoms with Crippen LogP contribution in [0.4, 0.5) is 20.7 Å². The highest BCUT2D eigenvalue weighted by Crippen LogP contribution is 2.38. The Kier molecular flexibility index (Phi) is 4.42. The van der Waals surface area contributed by atoms with Gasteiger partial charge in [0.1, 0.15) is 23.9 Å². The Morgan fingerprint density at radius 1 is 1.23 bits per heavy atom. The predicted molar refractivity (Wildman–Crippen MR) is 112 cm³/mol. The molecule has 1 amide bonds. The van der Waals surface area contributed by atoms with Crippen LogP contribution in [0, 0.1) is 18.7 Å². The molecule has 1 fully saturated rings. The topological polar surface area (TPSA) is 87.6 Å². The Morgan fingerprint density at radius 3 is 2.83 bits per heavy atom. The Labute approximate surface area is 172 Å². The number of halogens is 1. The van der Waals surface area contributed by atoms with Gasteiger partial charge in [-0.2, -0.15) is 0 Å². The van der Waals surface area contributed by atoms with Crippen molar-refractivity contribution in [3.05, 3.63) is 42.0 Å². The van der Waals surface area contributed by atoms with E-state index in [1.54, 1.807) is 18.3 Å². The zero-order valence-electron chi connectivity index (χ0n) is 16.5. The van der Waals surface area contributed by atoms with Crippen LogP contribution < -0.4 is 15.0 Å². The lowest BCUT2D eigenvalue weighted by atomic mass is 9.98. The molecular formula is C22H21FN4O3. The summed E-state index contributed by atoms with van der Waals surface area (Å²) in [7, 11) is 0. The second-order valence-corrected chi connectivity index (χ2v) is 7.81. The molecule has 3 heterocycles. The first-order valence-electron chi connectivity index (χ1n) is 9.97. The summed E-state index contributed by atoms with van der Waals surface area (Å²) in [6, 6.07) is 4.86. The minimum atomic E-state index is -1.03. The summed E-state index contributed by atoms with van der Waals surface area (Å²) in [5.74, 6) is 0.884. The number of hydrogen-bond donors (Lipinski definition) is 2. The lowest BCUT2D eigenvalue weighted by Gasteiger charge is -2.22. The van der Waals surface area contributed by atoms with Gasteiger partial charge in [0.2, 0.25) is 5.88 Å². The summed E-state index contributed by atoms with van der Waals surface area (Å²) < 4.78 is 20.5. The molecule has 154 valence electrons. The first-order valence-corrected chi connectivity index (χ1v) is 9.97. The quantitative estimate of drug-likeness (QED) is 0.664. The molecule has 1 saturated carbocycles. The zero-order chi connectivity index (χ0) is 20.8. The van der Waals surface area contributed by atoms with Gasteiger partial charge in [-0.05, 0) is 54.8 Å². The summed E-state index contributed by atoms with van der Waals surface area (Å²) in [5, 5.41) is 14.2. The number of pyridine rings is 2. The first kappa shape index (κ1) is 18.6. The molecule has 0 atom stereocenters. The van der Waals surface area contributed by atoms with E-state index in [0.717, 1.165) is 29.5 Å². The van der Waals surface area contributed by atoms with Crippen LogP contribution in [0.25, 0.3) is 21.9 Å². The Hall–Kier alpha value is -3.42. The van der Waals surface area contributed by atoms with Gasteiger partial charge in [0.15, 0.2) is 0 Å². The van der Waals surface area contributed by atoms with Gasteiger partial charge in [0, 0.05) is 42.0 Å². The molecule has 2 aliphatic rings. The number of rotatable bonds is 4. The minimum Gasteiger partial charge on any atom is -0.474 e. The van der Waals surface area contributed by atoms with E-state index in [-0.39, 0.29) is 5.82 Å². The number of amides is 1. The Bertz CT molecular complexity index is 1160. The maximum absolute atomic E-state index is 15.0. The molecule has 7 nitrogen and oxygen atoms in total. The standard InChI is InChI=1S/C22H21FN4O3/c1-12-17(10-26-21-20(12)24-4-5-30-21)16-6-14-8-19(25-9-15(14)7-18(16)23)27(22(28)29)11-13-2-3-13/h6-10,13,24H,2-5,11H2,1H3,(H,28,29). The van der Waals surface area contributed by atoms with Gasteiger partial charge in [-0.3, -0.25) is 4.90 Å². The largest absolute Gasteiger partial charge is 0.474 e. The van der Waals surface area contributed by atoms with E-state index in [1.165, 1.54) is 17.2 Å². The van der Waals surface area contributed by atoms with Crippen LogP contribution in [0.5, 0.6) is 5.88 Å². The van der Waals surface area contributed by atoms with Gasteiger partial charge in [-0.25, -0.2) is 19.2 Å². The lowest BCUT2D eigenvalue weighted by Crippen LogP contribution is -2.31. The lowest BCUT2D eigenvalue weighted by molar-refractivity contribution is 0.201. The van der Waals surface area contributed by atoms with Crippen molar-refractivity contribution in [2.24, 2.45) is 5.92 Å². The van der Waals surface area contributed by atoms with Crippen molar-refractivity contribution in [1.29, 1.82) is 0 Å². The van der Waals surface area contributed by atoms with Gasteiger partial charge in [0.05, 0.1) is 0 Å². The third-order valence-electron chi connectivity index (χ3n) is 5.67. The smallest absolute Gasteiger partial charge is 0.413 e. The molecule has 8 heteroatoms. The van der Waals surface area contributed by atoms with Gasteiger partial charge < -0.3 is 15.2 Å². The molecule has 2 N–H and O–H groups in total. The summed E-state index contributed by atoms with van der Waals surface area (Å²) in [6.45, 7) is 3.54. The Balaban J connectivity index is 1.59. The summed E-state index contributed by atoms with van der Waals surface area (Å²) >= 11 is 0. The van der Waals surface area contributed by atoms with E-state index < -0.39 is 6.09 Å². The van der Waals surface area contributed by atoms with E-state index in [9.17, 15) is 14.3 Å². The number of hydrogen-bond acceptors (Lipinski definition) is 5. The second kappa shape index (κ2) is 7.12. The third kappa shape index (κ3) is 3.28. The van der Waals surface area contributed by atoms with Crippen LogP contribution in [-0.2, 0) is 0 Å². The molecule has 3 aromatic rings. The molecule has 5 rings (SSSR count). The van der Waals surface area contributed by atoms with Crippen molar-refractivity contribution < 1.29 is 19.0 Å². The van der Waals surface area contributed by atoms with Crippen molar-refractivity contribution in [2.45, 2.75) is 19.8 Å². The van der Waals surface area contributed by atoms with Crippen LogP contribution in [0.1, 0.15) is 18.4 Å². The van der Waals surface area contributed by atoms with Gasteiger partial charge in [0.25, 0.3) is 0 Å². The second-order valence-electron chi connectivity index (χ2n) is 7.81. The van der Waals surface area contributed by atoms with Crippen LogP contribution in [0.15, 0.2) is 30.6 Å². The fourth-order valence-electron chi connectivity index (χ4n) is 3.83. The highest BCUT2D eigenvalue weighted by atomic mass is 19.1. The number of ether oxygens (including phenoxy) is 1. The van der Waals surface area contributed by atoms with E-state index in [2.05, 4.69) is 15.3 Å². The highest BCUT2D eigenvalue weighted by molar-refractivity contribution is 5.93. The fourth-order valence-corrected chi connectivity index (χ4v) is 3.83. The first-order chi connectivity index (χ1) is 14.5. The van der Waals surface area contributed by atoms with Crippen molar-refractivity contribution in [2.75, 3.05) is 29.9 Å². The molecule has 0 unspecified atom stereocenters. The van der Waals surface area contributed by atoms with Crippen molar-refractivity contribution in [1.82, 2.24) is 9.97 Å². The van der Waals surface area contributed by atoms with Crippen molar-refractivity contribution in [3.63, 3.8) is 0 Å². The molecule has 2 aromatic heterocycles. The summed E-state index contributed by atoms with van der Waals surface area (Å²) in [5.41, 5.74) is 2.70. The number of carboxylic acid groups (broad SMARTS) is 1. The van der Waals surface area contributed by atoms with Crippen LogP contribution in [-0.4, -0.2) is 40.9 Å². The number of nitrogens with zero attached hydrogens (tertiary/aromatic N) is 3. The average molecular weight is 408 g/mol. The zero-order valence-corrected chi connectivity index (χ0v) is 16.5. The molecule has 0 bridgehead atoms. The van der Waals surface area contributed by atoms with E-state index in [0.29, 0.717) is 53.8 Å². The number of benzene rings is 1. The van der Waals surface area contributed by atoms with Gasteiger partial charge >= 0.3 is 6.09 Å². The van der Waals surface area contributed by atoms with E-state index >= 15 is 0 Å². The highest BCUT2D eigenvalue weighted by Gasteiger charge is 2.28. The number of aromatic nitrogens is 2. The molecule has 0 saturated heterocycles. The molecule has 0 spiro atoms. The third-order valence-corrected chi connectivity index (χ3v) is 5.67. The molecular weight excluding hydrogens is 387 g/mol. The average Bonchev–Trinajstić information content (AvgIpc) is 3.56. The number of fused-ring (bicyclic) bond motifs is 2. The number of carbonyl (C=O) groups is 1. The normalized spacial score (nSPS) is 15.3. The van der Waals surface area contributed by atoms with Crippen molar-refractivity contribution >= 4 is 28.4 Å². The Morgan fingerprint density at radius 2 is 2.07 bits per heavy atom. The molecule has 0 radical (unpaired) electrons. The monoisotopic (exact) mass is 408 g/mol. The van der Waals surface area contributed by atoms with Gasteiger partial charge in [-0.15, -0.1) is 0 Å². The van der Waals surface area contributed by atoms with E-state index in [4.69, 9.17) is 4.74 Å². The van der Waals surface area contributed by atoms with Crippen LogP contribution in [0.3, 0.4) is 0 Å². The van der Waals surface area contributed by atoms with Crippen LogP contribution in [0.2, 0.25) is 0 Å². The molecule has 1 aromatic carbocycles. The minimum absolute atomic E-state index is 0.356. The SMILES string of the molecule is Cc1c(-c2cc3cc(N(CC4CC4)C(=O)O)ncc3cc2F)cnc2c1NCCO2. The van der Waals surface area contributed by atoms with Crippen LogP contribution >= 0.6 is 0 Å². The van der Waals surface area contributed by atoms with Gasteiger partial charge in [-0.1, -0.05) is 0 Å².